The molecule has 0 aliphatic carbocycles. The summed E-state index contributed by atoms with van der Waals surface area (Å²) in [7, 11) is 0. The SMILES string of the molecule is CCc1ccc(-c2ccc3nc(-c4cccnc4N)n(-c4ccc(CCl)cc4)c3n2)nc1. The van der Waals surface area contributed by atoms with Crippen LogP contribution in [0.15, 0.2) is 73.1 Å². The number of hydrogen-bond donors (Lipinski definition) is 1. The zero-order chi connectivity index (χ0) is 22.1. The molecule has 0 unspecified atom stereocenters. The van der Waals surface area contributed by atoms with E-state index in [9.17, 15) is 0 Å². The molecule has 32 heavy (non-hydrogen) atoms. The minimum atomic E-state index is 0.415. The first kappa shape index (κ1) is 20.2. The first-order valence-corrected chi connectivity index (χ1v) is 10.9. The Kier molecular flexibility index (Phi) is 5.29. The van der Waals surface area contributed by atoms with Gasteiger partial charge in [-0.05, 0) is 60.0 Å². The molecule has 0 aliphatic rings. The second kappa shape index (κ2) is 8.40. The minimum Gasteiger partial charge on any atom is -0.383 e. The number of benzene rings is 1. The predicted octanol–water partition coefficient (Wildman–Crippen LogP) is 5.43. The van der Waals surface area contributed by atoms with Crippen molar-refractivity contribution in [3.8, 4) is 28.5 Å². The van der Waals surface area contributed by atoms with Crippen molar-refractivity contribution in [2.24, 2.45) is 0 Å². The van der Waals surface area contributed by atoms with Crippen molar-refractivity contribution in [2.45, 2.75) is 19.2 Å². The van der Waals surface area contributed by atoms with Crippen molar-refractivity contribution in [3.63, 3.8) is 0 Å². The van der Waals surface area contributed by atoms with Crippen molar-refractivity contribution >= 4 is 28.6 Å². The zero-order valence-corrected chi connectivity index (χ0v) is 18.3. The van der Waals surface area contributed by atoms with Gasteiger partial charge in [0.1, 0.15) is 11.3 Å². The van der Waals surface area contributed by atoms with E-state index in [1.54, 1.807) is 6.20 Å². The van der Waals surface area contributed by atoms with Crippen LogP contribution in [0.4, 0.5) is 5.82 Å². The summed E-state index contributed by atoms with van der Waals surface area (Å²) in [5.41, 5.74) is 13.2. The highest BCUT2D eigenvalue weighted by atomic mass is 35.5. The summed E-state index contributed by atoms with van der Waals surface area (Å²) in [4.78, 5) is 18.6. The summed E-state index contributed by atoms with van der Waals surface area (Å²) in [6, 6.07) is 19.8. The molecule has 0 saturated carbocycles. The van der Waals surface area contributed by atoms with Gasteiger partial charge in [-0.3, -0.25) is 9.55 Å². The Labute approximate surface area is 190 Å². The average Bonchev–Trinajstić information content (AvgIpc) is 3.23. The van der Waals surface area contributed by atoms with Crippen LogP contribution in [-0.4, -0.2) is 24.5 Å². The molecule has 4 aromatic heterocycles. The van der Waals surface area contributed by atoms with Gasteiger partial charge in [0.25, 0.3) is 0 Å². The first-order valence-electron chi connectivity index (χ1n) is 10.4. The number of anilines is 1. The lowest BCUT2D eigenvalue weighted by Crippen LogP contribution is -2.02. The smallest absolute Gasteiger partial charge is 0.165 e. The van der Waals surface area contributed by atoms with E-state index in [1.807, 2.05) is 65.4 Å². The van der Waals surface area contributed by atoms with Gasteiger partial charge in [0.05, 0.1) is 17.0 Å². The van der Waals surface area contributed by atoms with Gasteiger partial charge in [0.15, 0.2) is 11.5 Å². The average molecular weight is 441 g/mol. The zero-order valence-electron chi connectivity index (χ0n) is 17.5. The fourth-order valence-electron chi connectivity index (χ4n) is 3.65. The number of pyridine rings is 3. The van der Waals surface area contributed by atoms with Crippen LogP contribution in [-0.2, 0) is 12.3 Å². The number of hydrogen-bond acceptors (Lipinski definition) is 5. The summed E-state index contributed by atoms with van der Waals surface area (Å²) in [5.74, 6) is 1.55. The molecule has 5 rings (SSSR count). The Morgan fingerprint density at radius 2 is 1.66 bits per heavy atom. The fourth-order valence-corrected chi connectivity index (χ4v) is 3.83. The Bertz CT molecular complexity index is 1390. The van der Waals surface area contributed by atoms with Crippen LogP contribution in [0.25, 0.3) is 39.6 Å². The van der Waals surface area contributed by atoms with Crippen molar-refractivity contribution in [1.82, 2.24) is 24.5 Å². The predicted molar refractivity (Wildman–Crippen MR) is 129 cm³/mol. The molecule has 6 nitrogen and oxygen atoms in total. The lowest BCUT2D eigenvalue weighted by molar-refractivity contribution is 1.07. The topological polar surface area (TPSA) is 82.5 Å². The number of aryl methyl sites for hydroxylation is 1. The fraction of sp³-hybridized carbons (Fsp3) is 0.120. The maximum Gasteiger partial charge on any atom is 0.165 e. The number of halogens is 1. The molecule has 0 saturated heterocycles. The van der Waals surface area contributed by atoms with Gasteiger partial charge < -0.3 is 5.73 Å². The lowest BCUT2D eigenvalue weighted by atomic mass is 10.2. The van der Waals surface area contributed by atoms with E-state index in [1.165, 1.54) is 5.56 Å². The number of imidazole rings is 1. The van der Waals surface area contributed by atoms with Crippen LogP contribution in [0.1, 0.15) is 18.1 Å². The van der Waals surface area contributed by atoms with Crippen LogP contribution in [0.3, 0.4) is 0 Å². The van der Waals surface area contributed by atoms with E-state index in [0.29, 0.717) is 17.5 Å². The lowest BCUT2D eigenvalue weighted by Gasteiger charge is -2.11. The summed E-state index contributed by atoms with van der Waals surface area (Å²) < 4.78 is 2.00. The van der Waals surface area contributed by atoms with Gasteiger partial charge in [-0.2, -0.15) is 0 Å². The number of fused-ring (bicyclic) bond motifs is 1. The van der Waals surface area contributed by atoms with Crippen LogP contribution in [0, 0.1) is 0 Å². The molecule has 0 aliphatic heterocycles. The first-order chi connectivity index (χ1) is 15.7. The van der Waals surface area contributed by atoms with Crippen LogP contribution in [0.5, 0.6) is 0 Å². The molecule has 5 aromatic rings. The molecule has 0 amide bonds. The second-order valence-corrected chi connectivity index (χ2v) is 7.72. The highest BCUT2D eigenvalue weighted by Gasteiger charge is 2.18. The Balaban J connectivity index is 1.74. The molecule has 2 N–H and O–H groups in total. The van der Waals surface area contributed by atoms with Crippen LogP contribution in [0.2, 0.25) is 0 Å². The standard InChI is InChI=1S/C25H21ClN6/c1-2-16-7-10-20(29-15-16)21-11-12-22-25(30-21)32(18-8-5-17(14-26)6-9-18)24(31-22)19-4-3-13-28-23(19)27/h3-13,15H,2,14H2,1H3,(H2,27,28). The number of rotatable bonds is 5. The summed E-state index contributed by atoms with van der Waals surface area (Å²) in [6.07, 6.45) is 4.51. The van der Waals surface area contributed by atoms with Gasteiger partial charge in [0.2, 0.25) is 0 Å². The summed E-state index contributed by atoms with van der Waals surface area (Å²) >= 11 is 5.99. The Morgan fingerprint density at radius 3 is 2.34 bits per heavy atom. The van der Waals surface area contributed by atoms with Crippen molar-refractivity contribution in [2.75, 3.05) is 5.73 Å². The molecule has 0 spiro atoms. The third-order valence-corrected chi connectivity index (χ3v) is 5.74. The van der Waals surface area contributed by atoms with E-state index >= 15 is 0 Å². The number of nitrogens with zero attached hydrogens (tertiary/aromatic N) is 5. The van der Waals surface area contributed by atoms with E-state index in [2.05, 4.69) is 23.0 Å². The number of alkyl halides is 1. The van der Waals surface area contributed by atoms with Crippen molar-refractivity contribution < 1.29 is 0 Å². The summed E-state index contributed by atoms with van der Waals surface area (Å²) in [6.45, 7) is 2.11. The highest BCUT2D eigenvalue weighted by Crippen LogP contribution is 2.31. The van der Waals surface area contributed by atoms with Gasteiger partial charge in [-0.1, -0.05) is 25.1 Å². The molecule has 0 fully saturated rings. The third kappa shape index (κ3) is 3.59. The van der Waals surface area contributed by atoms with E-state index in [-0.39, 0.29) is 0 Å². The van der Waals surface area contributed by atoms with Gasteiger partial charge in [0, 0.05) is 24.0 Å². The molecular formula is C25H21ClN6. The number of nitrogen functional groups attached to an aromatic ring is 1. The quantitative estimate of drug-likeness (QED) is 0.368. The largest absolute Gasteiger partial charge is 0.383 e. The molecular weight excluding hydrogens is 420 g/mol. The molecule has 4 heterocycles. The van der Waals surface area contributed by atoms with Gasteiger partial charge >= 0.3 is 0 Å². The van der Waals surface area contributed by atoms with Gasteiger partial charge in [-0.15, -0.1) is 11.6 Å². The normalized spacial score (nSPS) is 11.2. The van der Waals surface area contributed by atoms with Crippen molar-refractivity contribution in [3.05, 3.63) is 84.2 Å². The van der Waals surface area contributed by atoms with Gasteiger partial charge in [-0.25, -0.2) is 15.0 Å². The van der Waals surface area contributed by atoms with Crippen LogP contribution < -0.4 is 5.73 Å². The second-order valence-electron chi connectivity index (χ2n) is 7.45. The molecule has 7 heteroatoms. The molecule has 158 valence electrons. The minimum absolute atomic E-state index is 0.415. The van der Waals surface area contributed by atoms with Crippen LogP contribution >= 0.6 is 11.6 Å². The van der Waals surface area contributed by atoms with Crippen molar-refractivity contribution in [1.29, 1.82) is 0 Å². The highest BCUT2D eigenvalue weighted by molar-refractivity contribution is 6.17. The molecule has 0 atom stereocenters. The van der Waals surface area contributed by atoms with E-state index < -0.39 is 0 Å². The third-order valence-electron chi connectivity index (χ3n) is 5.43. The Morgan fingerprint density at radius 1 is 0.875 bits per heavy atom. The van der Waals surface area contributed by atoms with E-state index in [4.69, 9.17) is 27.3 Å². The maximum absolute atomic E-state index is 6.20. The molecule has 0 radical (unpaired) electrons. The molecule has 1 aromatic carbocycles. The monoisotopic (exact) mass is 440 g/mol. The molecule has 0 bridgehead atoms. The van der Waals surface area contributed by atoms with E-state index in [0.717, 1.165) is 45.8 Å². The summed E-state index contributed by atoms with van der Waals surface area (Å²) in [5, 5.41) is 0. The Hall–Kier alpha value is -3.77. The number of nitrogens with two attached hydrogens (primary N) is 1. The maximum atomic E-state index is 6.20. The number of aromatic nitrogens is 5.